The van der Waals surface area contributed by atoms with Gasteiger partial charge in [0.1, 0.15) is 0 Å². The van der Waals surface area contributed by atoms with E-state index in [1.165, 1.54) is 10.6 Å². The monoisotopic (exact) mass is 359 g/mol. The molecule has 0 bridgehead atoms. The van der Waals surface area contributed by atoms with Gasteiger partial charge in [-0.3, -0.25) is 4.79 Å². The number of carbonyl (C=O) groups excluding carboxylic acids is 1. The van der Waals surface area contributed by atoms with Crippen molar-refractivity contribution in [2.45, 2.75) is 50.2 Å². The number of hydrogen-bond acceptors (Lipinski definition) is 5. The van der Waals surface area contributed by atoms with Crippen LogP contribution in [0, 0.1) is 0 Å². The lowest BCUT2D eigenvalue weighted by Crippen LogP contribution is -2.57. The van der Waals surface area contributed by atoms with Crippen LogP contribution in [0.15, 0.2) is 0 Å². The highest BCUT2D eigenvalue weighted by molar-refractivity contribution is 7.88. The van der Waals surface area contributed by atoms with Crippen LogP contribution in [-0.4, -0.2) is 90.7 Å². The number of β-amino-alcohol motifs (C(OH)–C–C–N with tert-alkyl or cyclic N) is 1. The molecule has 8 heteroatoms. The standard InChI is InChI=1S/C16H29N3O4S/c1-24(22,23)18-8-3-7-16(21,13-18)12-17-10-5-14(6-11-17)19-9-2-4-15(19)20/h14,21H,2-13H2,1H3. The van der Waals surface area contributed by atoms with E-state index in [2.05, 4.69) is 4.90 Å². The molecule has 0 saturated carbocycles. The van der Waals surface area contributed by atoms with Crippen LogP contribution in [-0.2, 0) is 14.8 Å². The molecule has 3 fully saturated rings. The average molecular weight is 359 g/mol. The predicted octanol–water partition coefficient (Wildman–Crippen LogP) is -0.140. The number of carbonyl (C=O) groups is 1. The first kappa shape index (κ1) is 18.1. The minimum Gasteiger partial charge on any atom is -0.387 e. The first-order valence-corrected chi connectivity index (χ1v) is 10.8. The molecule has 0 aromatic carbocycles. The minimum absolute atomic E-state index is 0.191. The fraction of sp³-hybridized carbons (Fsp3) is 0.938. The molecule has 0 aromatic rings. The van der Waals surface area contributed by atoms with Crippen molar-refractivity contribution < 1.29 is 18.3 Å². The van der Waals surface area contributed by atoms with E-state index in [0.29, 0.717) is 38.4 Å². The number of aliphatic hydroxyl groups is 1. The van der Waals surface area contributed by atoms with Crippen LogP contribution in [0.25, 0.3) is 0 Å². The van der Waals surface area contributed by atoms with Crippen molar-refractivity contribution in [1.29, 1.82) is 0 Å². The third-order valence-electron chi connectivity index (χ3n) is 5.62. The summed E-state index contributed by atoms with van der Waals surface area (Å²) in [6.07, 6.45) is 6.08. The van der Waals surface area contributed by atoms with Crippen LogP contribution in [0.1, 0.15) is 38.5 Å². The normalized spacial score (nSPS) is 31.8. The fourth-order valence-corrected chi connectivity index (χ4v) is 5.28. The molecule has 3 aliphatic rings. The van der Waals surface area contributed by atoms with E-state index in [9.17, 15) is 18.3 Å². The van der Waals surface area contributed by atoms with Crippen LogP contribution >= 0.6 is 0 Å². The van der Waals surface area contributed by atoms with Crippen molar-refractivity contribution in [3.05, 3.63) is 0 Å². The Morgan fingerprint density at radius 2 is 1.88 bits per heavy atom. The van der Waals surface area contributed by atoms with Gasteiger partial charge in [-0.1, -0.05) is 0 Å². The maximum Gasteiger partial charge on any atom is 0.222 e. The molecule has 0 aromatic heterocycles. The number of likely N-dealkylation sites (tertiary alicyclic amines) is 2. The molecule has 0 aliphatic carbocycles. The lowest BCUT2D eigenvalue weighted by atomic mass is 9.92. The van der Waals surface area contributed by atoms with E-state index in [1.807, 2.05) is 4.90 Å². The molecule has 24 heavy (non-hydrogen) atoms. The molecule has 0 radical (unpaired) electrons. The third kappa shape index (κ3) is 4.09. The number of piperidine rings is 2. The Hall–Kier alpha value is -0.700. The topological polar surface area (TPSA) is 81.2 Å². The van der Waals surface area contributed by atoms with Crippen LogP contribution in [0.2, 0.25) is 0 Å². The number of amides is 1. The molecule has 0 spiro atoms. The molecular formula is C16H29N3O4S. The highest BCUT2D eigenvalue weighted by Crippen LogP contribution is 2.27. The Balaban J connectivity index is 1.52. The van der Waals surface area contributed by atoms with Crippen molar-refractivity contribution in [1.82, 2.24) is 14.1 Å². The molecule has 1 atom stereocenters. The van der Waals surface area contributed by atoms with E-state index in [0.717, 1.165) is 38.9 Å². The van der Waals surface area contributed by atoms with Gasteiger partial charge < -0.3 is 14.9 Å². The molecule has 1 amide bonds. The van der Waals surface area contributed by atoms with Gasteiger partial charge >= 0.3 is 0 Å². The van der Waals surface area contributed by atoms with E-state index < -0.39 is 15.6 Å². The van der Waals surface area contributed by atoms with E-state index in [-0.39, 0.29) is 12.5 Å². The molecule has 3 saturated heterocycles. The molecule has 3 aliphatic heterocycles. The van der Waals surface area contributed by atoms with Crippen molar-refractivity contribution in [3.63, 3.8) is 0 Å². The minimum atomic E-state index is -3.25. The summed E-state index contributed by atoms with van der Waals surface area (Å²) in [4.78, 5) is 16.1. The van der Waals surface area contributed by atoms with Crippen molar-refractivity contribution in [2.75, 3.05) is 45.5 Å². The third-order valence-corrected chi connectivity index (χ3v) is 6.86. The van der Waals surface area contributed by atoms with Crippen LogP contribution in [0.3, 0.4) is 0 Å². The van der Waals surface area contributed by atoms with Crippen LogP contribution in [0.5, 0.6) is 0 Å². The number of rotatable bonds is 4. The van der Waals surface area contributed by atoms with Crippen molar-refractivity contribution in [2.24, 2.45) is 0 Å². The summed E-state index contributed by atoms with van der Waals surface area (Å²) in [5.74, 6) is 0.281. The second-order valence-corrected chi connectivity index (χ2v) is 9.60. The summed E-state index contributed by atoms with van der Waals surface area (Å²) in [6.45, 7) is 3.80. The Kier molecular flexibility index (Phi) is 5.20. The Morgan fingerprint density at radius 3 is 2.46 bits per heavy atom. The van der Waals surface area contributed by atoms with E-state index in [4.69, 9.17) is 0 Å². The summed E-state index contributed by atoms with van der Waals surface area (Å²) in [7, 11) is -3.25. The average Bonchev–Trinajstić information content (AvgIpc) is 2.93. The highest BCUT2D eigenvalue weighted by Gasteiger charge is 2.39. The second-order valence-electron chi connectivity index (χ2n) is 7.62. The first-order chi connectivity index (χ1) is 11.3. The van der Waals surface area contributed by atoms with Gasteiger partial charge in [0.25, 0.3) is 0 Å². The number of nitrogens with zero attached hydrogens (tertiary/aromatic N) is 3. The fourth-order valence-electron chi connectivity index (χ4n) is 4.34. The zero-order chi connectivity index (χ0) is 17.4. The highest BCUT2D eigenvalue weighted by atomic mass is 32.2. The molecular weight excluding hydrogens is 330 g/mol. The first-order valence-electron chi connectivity index (χ1n) is 8.96. The molecule has 7 nitrogen and oxygen atoms in total. The van der Waals surface area contributed by atoms with E-state index >= 15 is 0 Å². The molecule has 138 valence electrons. The zero-order valence-corrected chi connectivity index (χ0v) is 15.3. The van der Waals surface area contributed by atoms with Gasteiger partial charge in [-0.25, -0.2) is 8.42 Å². The van der Waals surface area contributed by atoms with Gasteiger partial charge in [0.05, 0.1) is 11.9 Å². The lowest BCUT2D eigenvalue weighted by Gasteiger charge is -2.43. The number of hydrogen-bond donors (Lipinski definition) is 1. The van der Waals surface area contributed by atoms with Gasteiger partial charge in [0.2, 0.25) is 15.9 Å². The molecule has 1 unspecified atom stereocenters. The molecule has 3 heterocycles. The Bertz CT molecular complexity index is 574. The maximum absolute atomic E-state index is 11.9. The van der Waals surface area contributed by atoms with Gasteiger partial charge in [0, 0.05) is 51.7 Å². The summed E-state index contributed by atoms with van der Waals surface area (Å²) in [5.41, 5.74) is -0.961. The van der Waals surface area contributed by atoms with Gasteiger partial charge in [-0.2, -0.15) is 4.31 Å². The zero-order valence-electron chi connectivity index (χ0n) is 14.5. The summed E-state index contributed by atoms with van der Waals surface area (Å²) < 4.78 is 24.9. The summed E-state index contributed by atoms with van der Waals surface area (Å²) in [5, 5.41) is 10.9. The van der Waals surface area contributed by atoms with Gasteiger partial charge in [0.15, 0.2) is 0 Å². The SMILES string of the molecule is CS(=O)(=O)N1CCCC(O)(CN2CCC(N3CCCC3=O)CC2)C1. The molecule has 1 N–H and O–H groups in total. The van der Waals surface area contributed by atoms with Crippen LogP contribution < -0.4 is 0 Å². The van der Waals surface area contributed by atoms with Crippen LogP contribution in [0.4, 0.5) is 0 Å². The quantitative estimate of drug-likeness (QED) is 0.756. The summed E-state index contributed by atoms with van der Waals surface area (Å²) in [6, 6.07) is 0.338. The maximum atomic E-state index is 11.9. The Labute approximate surface area is 144 Å². The largest absolute Gasteiger partial charge is 0.387 e. The second kappa shape index (κ2) is 6.90. The van der Waals surface area contributed by atoms with Gasteiger partial charge in [-0.05, 0) is 32.1 Å². The molecule has 3 rings (SSSR count). The van der Waals surface area contributed by atoms with E-state index in [1.54, 1.807) is 0 Å². The van der Waals surface area contributed by atoms with Gasteiger partial charge in [-0.15, -0.1) is 0 Å². The predicted molar refractivity (Wildman–Crippen MR) is 91.0 cm³/mol. The smallest absolute Gasteiger partial charge is 0.222 e. The number of sulfonamides is 1. The lowest BCUT2D eigenvalue weighted by molar-refractivity contribution is -0.130. The van der Waals surface area contributed by atoms with Crippen molar-refractivity contribution in [3.8, 4) is 0 Å². The summed E-state index contributed by atoms with van der Waals surface area (Å²) >= 11 is 0. The Morgan fingerprint density at radius 1 is 1.17 bits per heavy atom. The van der Waals surface area contributed by atoms with Crippen molar-refractivity contribution >= 4 is 15.9 Å².